The molecule has 1 atom stereocenters. The van der Waals surface area contributed by atoms with Crippen LogP contribution in [-0.2, 0) is 0 Å². The number of anilines is 1. The largest absolute Gasteiger partial charge is 0.369 e. The second kappa shape index (κ2) is 7.16. The predicted molar refractivity (Wildman–Crippen MR) is 106 cm³/mol. The van der Waals surface area contributed by atoms with Gasteiger partial charge in [-0.1, -0.05) is 30.9 Å². The molecular weight excluding hydrogens is 360 g/mol. The number of nitrogen functional groups attached to an aromatic ring is 1. The first-order chi connectivity index (χ1) is 13.1. The van der Waals surface area contributed by atoms with Crippen LogP contribution in [0.1, 0.15) is 50.8 Å². The molecule has 3 heterocycles. The van der Waals surface area contributed by atoms with Gasteiger partial charge in [0.2, 0.25) is 5.95 Å². The van der Waals surface area contributed by atoms with Gasteiger partial charge in [-0.25, -0.2) is 9.97 Å². The van der Waals surface area contributed by atoms with Gasteiger partial charge in [-0.15, -0.1) is 0 Å². The van der Waals surface area contributed by atoms with E-state index >= 15 is 0 Å². The van der Waals surface area contributed by atoms with E-state index in [4.69, 9.17) is 17.3 Å². The van der Waals surface area contributed by atoms with Crippen LogP contribution in [0.15, 0.2) is 24.5 Å². The van der Waals surface area contributed by atoms with Crippen molar-refractivity contribution >= 4 is 28.6 Å². The number of fused-ring (bicyclic) bond motifs is 1. The highest BCUT2D eigenvalue weighted by Gasteiger charge is 2.26. The molecule has 1 unspecified atom stereocenters. The Kier molecular flexibility index (Phi) is 4.71. The third kappa shape index (κ3) is 3.24. The van der Waals surface area contributed by atoms with Gasteiger partial charge in [-0.3, -0.25) is 4.98 Å². The number of pyridine rings is 2. The van der Waals surface area contributed by atoms with Crippen molar-refractivity contribution in [2.45, 2.75) is 45.1 Å². The zero-order valence-corrected chi connectivity index (χ0v) is 15.9. The number of hydrogen-bond acceptors (Lipinski definition) is 5. The van der Waals surface area contributed by atoms with E-state index in [0.717, 1.165) is 11.1 Å². The summed E-state index contributed by atoms with van der Waals surface area (Å²) in [6, 6.07) is 5.81. The summed E-state index contributed by atoms with van der Waals surface area (Å²) in [5, 5.41) is 9.91. The smallest absolute Gasteiger partial charge is 0.201 e. The molecule has 3 aromatic rings. The minimum absolute atomic E-state index is 0.205. The van der Waals surface area contributed by atoms with Crippen LogP contribution < -0.4 is 5.73 Å². The molecule has 138 valence electrons. The third-order valence-corrected chi connectivity index (χ3v) is 5.73. The molecule has 1 saturated carbocycles. The highest BCUT2D eigenvalue weighted by molar-refractivity contribution is 6.30. The van der Waals surface area contributed by atoms with Gasteiger partial charge in [0.15, 0.2) is 0 Å². The number of nitriles is 1. The number of nitrogens with zero attached hydrogens (tertiary/aromatic N) is 5. The van der Waals surface area contributed by atoms with Gasteiger partial charge in [0.05, 0.1) is 21.7 Å². The average Bonchev–Trinajstić information content (AvgIpc) is 3.02. The molecule has 0 aliphatic heterocycles. The van der Waals surface area contributed by atoms with Gasteiger partial charge < -0.3 is 10.3 Å². The van der Waals surface area contributed by atoms with E-state index in [0.29, 0.717) is 33.8 Å². The average molecular weight is 381 g/mol. The molecule has 0 bridgehead atoms. The Labute approximate surface area is 163 Å². The van der Waals surface area contributed by atoms with E-state index in [1.54, 1.807) is 24.5 Å². The molecule has 6 nitrogen and oxygen atoms in total. The Morgan fingerprint density at radius 1 is 1.22 bits per heavy atom. The zero-order valence-electron chi connectivity index (χ0n) is 15.2. The molecule has 2 N–H and O–H groups in total. The topological polar surface area (TPSA) is 93.4 Å². The van der Waals surface area contributed by atoms with E-state index in [9.17, 15) is 5.26 Å². The number of nitrogens with two attached hydrogens (primary N) is 1. The lowest BCUT2D eigenvalue weighted by Gasteiger charge is -2.29. The van der Waals surface area contributed by atoms with Crippen molar-refractivity contribution in [3.05, 3.63) is 35.2 Å². The molecule has 0 saturated heterocycles. The number of halogens is 1. The summed E-state index contributed by atoms with van der Waals surface area (Å²) < 4.78 is 2.08. The predicted octanol–water partition coefficient (Wildman–Crippen LogP) is 4.74. The number of aromatic nitrogens is 4. The van der Waals surface area contributed by atoms with Crippen molar-refractivity contribution in [3.63, 3.8) is 0 Å². The van der Waals surface area contributed by atoms with Crippen molar-refractivity contribution in [1.82, 2.24) is 19.5 Å². The second-order valence-corrected chi connectivity index (χ2v) is 7.64. The fraction of sp³-hybridized carbons (Fsp3) is 0.400. The van der Waals surface area contributed by atoms with Crippen LogP contribution in [0.25, 0.3) is 22.3 Å². The standard InChI is InChI=1S/C20H21ClN6/c1-12(13-5-3-2-4-6-13)27-19-17(26-20(27)23)8-16(9-22)25-18(19)14-7-15(21)11-24-10-14/h7-8,10-13H,2-6H2,1H3,(H2,23,26). The Balaban J connectivity index is 1.94. The first-order valence-electron chi connectivity index (χ1n) is 9.28. The summed E-state index contributed by atoms with van der Waals surface area (Å²) in [6.45, 7) is 2.20. The van der Waals surface area contributed by atoms with E-state index in [2.05, 4.69) is 32.5 Å². The molecule has 7 heteroatoms. The fourth-order valence-electron chi connectivity index (χ4n) is 4.18. The lowest BCUT2D eigenvalue weighted by Crippen LogP contribution is -2.21. The van der Waals surface area contributed by atoms with Crippen LogP contribution >= 0.6 is 11.6 Å². The van der Waals surface area contributed by atoms with Crippen LogP contribution in [0.2, 0.25) is 5.02 Å². The van der Waals surface area contributed by atoms with Gasteiger partial charge in [0.25, 0.3) is 0 Å². The Morgan fingerprint density at radius 3 is 2.70 bits per heavy atom. The molecule has 0 aromatic carbocycles. The van der Waals surface area contributed by atoms with Gasteiger partial charge in [-0.05, 0) is 31.7 Å². The summed E-state index contributed by atoms with van der Waals surface area (Å²) in [5.74, 6) is 1.01. The van der Waals surface area contributed by atoms with Crippen molar-refractivity contribution in [3.8, 4) is 17.3 Å². The molecular formula is C20H21ClN6. The number of rotatable bonds is 3. The first-order valence-corrected chi connectivity index (χ1v) is 9.65. The Bertz CT molecular complexity index is 1030. The SMILES string of the molecule is CC(C1CCCCC1)n1c(N)nc2cc(C#N)nc(-c3cncc(Cl)c3)c21. The van der Waals surface area contributed by atoms with Crippen LogP contribution in [0, 0.1) is 17.2 Å². The molecule has 1 fully saturated rings. The molecule has 0 radical (unpaired) electrons. The van der Waals surface area contributed by atoms with Crippen LogP contribution in [0.3, 0.4) is 0 Å². The minimum Gasteiger partial charge on any atom is -0.369 e. The van der Waals surface area contributed by atoms with Gasteiger partial charge in [-0.2, -0.15) is 5.26 Å². The van der Waals surface area contributed by atoms with E-state index in [1.807, 2.05) is 0 Å². The van der Waals surface area contributed by atoms with E-state index in [1.165, 1.54) is 32.1 Å². The molecule has 4 rings (SSSR count). The summed E-state index contributed by atoms with van der Waals surface area (Å²) in [5.41, 5.74) is 9.54. The van der Waals surface area contributed by atoms with Crippen molar-refractivity contribution in [1.29, 1.82) is 5.26 Å². The zero-order chi connectivity index (χ0) is 19.0. The maximum Gasteiger partial charge on any atom is 0.201 e. The molecule has 3 aromatic heterocycles. The minimum atomic E-state index is 0.205. The third-order valence-electron chi connectivity index (χ3n) is 5.53. The van der Waals surface area contributed by atoms with E-state index in [-0.39, 0.29) is 6.04 Å². The highest BCUT2D eigenvalue weighted by atomic mass is 35.5. The number of imidazole rings is 1. The van der Waals surface area contributed by atoms with Crippen LogP contribution in [0.5, 0.6) is 0 Å². The maximum atomic E-state index is 9.39. The van der Waals surface area contributed by atoms with E-state index < -0.39 is 0 Å². The van der Waals surface area contributed by atoms with Crippen molar-refractivity contribution in [2.24, 2.45) is 5.92 Å². The van der Waals surface area contributed by atoms with Crippen LogP contribution in [0.4, 0.5) is 5.95 Å². The molecule has 0 amide bonds. The normalized spacial score (nSPS) is 16.3. The molecule has 1 aliphatic carbocycles. The Morgan fingerprint density at radius 2 is 2.00 bits per heavy atom. The van der Waals surface area contributed by atoms with Crippen molar-refractivity contribution in [2.75, 3.05) is 5.73 Å². The lowest BCUT2D eigenvalue weighted by molar-refractivity contribution is 0.269. The highest BCUT2D eigenvalue weighted by Crippen LogP contribution is 2.38. The first kappa shape index (κ1) is 17.7. The summed E-state index contributed by atoms with van der Waals surface area (Å²) in [6.07, 6.45) is 9.47. The Hall–Kier alpha value is -2.65. The summed E-state index contributed by atoms with van der Waals surface area (Å²) in [4.78, 5) is 13.3. The summed E-state index contributed by atoms with van der Waals surface area (Å²) in [7, 11) is 0. The molecule has 1 aliphatic rings. The second-order valence-electron chi connectivity index (χ2n) is 7.21. The quantitative estimate of drug-likeness (QED) is 0.708. The fourth-order valence-corrected chi connectivity index (χ4v) is 4.35. The van der Waals surface area contributed by atoms with Crippen LogP contribution in [-0.4, -0.2) is 19.5 Å². The maximum absolute atomic E-state index is 9.39. The number of hydrogen-bond donors (Lipinski definition) is 1. The van der Waals surface area contributed by atoms with Gasteiger partial charge >= 0.3 is 0 Å². The monoisotopic (exact) mass is 380 g/mol. The molecule has 0 spiro atoms. The summed E-state index contributed by atoms with van der Waals surface area (Å²) >= 11 is 6.15. The van der Waals surface area contributed by atoms with Gasteiger partial charge in [0, 0.05) is 30.1 Å². The van der Waals surface area contributed by atoms with Gasteiger partial charge in [0.1, 0.15) is 11.8 Å². The molecule has 27 heavy (non-hydrogen) atoms. The van der Waals surface area contributed by atoms with Crippen molar-refractivity contribution < 1.29 is 0 Å². The lowest BCUT2D eigenvalue weighted by atomic mass is 9.84.